The van der Waals surface area contributed by atoms with Crippen LogP contribution in [0.4, 0.5) is 5.69 Å². The second kappa shape index (κ2) is 6.91. The van der Waals surface area contributed by atoms with Crippen molar-refractivity contribution in [3.63, 3.8) is 0 Å². The van der Waals surface area contributed by atoms with Gasteiger partial charge < -0.3 is 5.32 Å². The van der Waals surface area contributed by atoms with E-state index in [0.717, 1.165) is 11.1 Å². The van der Waals surface area contributed by atoms with Gasteiger partial charge in [-0.3, -0.25) is 9.59 Å². The standard InChI is InChI=1S/C19H17N3O2/c1-14-7-9-15(10-8-14)17-11-12-19(24)22(21-17)13-18(23)20-16-5-3-2-4-6-16/h2-12H,13H2,1H3,(H,20,23). The van der Waals surface area contributed by atoms with Crippen LogP contribution in [0.3, 0.4) is 0 Å². The topological polar surface area (TPSA) is 64.0 Å². The summed E-state index contributed by atoms with van der Waals surface area (Å²) >= 11 is 0. The van der Waals surface area contributed by atoms with Gasteiger partial charge in [0, 0.05) is 17.3 Å². The van der Waals surface area contributed by atoms with Crippen molar-refractivity contribution < 1.29 is 4.79 Å². The van der Waals surface area contributed by atoms with E-state index in [1.807, 2.05) is 49.4 Å². The SMILES string of the molecule is Cc1ccc(-c2ccc(=O)n(CC(=O)Nc3ccccc3)n2)cc1. The Kier molecular flexibility index (Phi) is 4.52. The highest BCUT2D eigenvalue weighted by Gasteiger charge is 2.08. The molecule has 0 saturated heterocycles. The van der Waals surface area contributed by atoms with E-state index in [2.05, 4.69) is 10.4 Å². The quantitative estimate of drug-likeness (QED) is 0.804. The van der Waals surface area contributed by atoms with Gasteiger partial charge in [0.15, 0.2) is 0 Å². The number of carbonyl (C=O) groups is 1. The summed E-state index contributed by atoms with van der Waals surface area (Å²) in [6, 6.07) is 20.0. The molecule has 24 heavy (non-hydrogen) atoms. The van der Waals surface area contributed by atoms with Gasteiger partial charge >= 0.3 is 0 Å². The van der Waals surface area contributed by atoms with Crippen LogP contribution in [-0.4, -0.2) is 15.7 Å². The van der Waals surface area contributed by atoms with Crippen LogP contribution in [0.25, 0.3) is 11.3 Å². The van der Waals surface area contributed by atoms with Crippen molar-refractivity contribution in [2.24, 2.45) is 0 Å². The van der Waals surface area contributed by atoms with Crippen molar-refractivity contribution in [1.82, 2.24) is 9.78 Å². The van der Waals surface area contributed by atoms with Gasteiger partial charge in [-0.1, -0.05) is 48.0 Å². The fourth-order valence-electron chi connectivity index (χ4n) is 2.30. The average Bonchev–Trinajstić information content (AvgIpc) is 2.58. The summed E-state index contributed by atoms with van der Waals surface area (Å²) in [5.41, 5.74) is 3.08. The molecule has 5 nitrogen and oxygen atoms in total. The predicted molar refractivity (Wildman–Crippen MR) is 93.7 cm³/mol. The lowest BCUT2D eigenvalue weighted by molar-refractivity contribution is -0.117. The number of nitrogens with zero attached hydrogens (tertiary/aromatic N) is 2. The van der Waals surface area contributed by atoms with Gasteiger partial charge in [-0.2, -0.15) is 5.10 Å². The Morgan fingerprint density at radius 2 is 1.71 bits per heavy atom. The first kappa shape index (κ1) is 15.7. The molecule has 0 unspecified atom stereocenters. The number of aromatic nitrogens is 2. The summed E-state index contributed by atoms with van der Waals surface area (Å²) in [5.74, 6) is -0.295. The maximum Gasteiger partial charge on any atom is 0.267 e. The van der Waals surface area contributed by atoms with Gasteiger partial charge in [0.1, 0.15) is 6.54 Å². The molecule has 0 saturated carbocycles. The molecule has 0 aliphatic carbocycles. The highest BCUT2D eigenvalue weighted by molar-refractivity contribution is 5.90. The van der Waals surface area contributed by atoms with Crippen LogP contribution in [0.5, 0.6) is 0 Å². The molecule has 120 valence electrons. The van der Waals surface area contributed by atoms with Crippen molar-refractivity contribution in [1.29, 1.82) is 0 Å². The van der Waals surface area contributed by atoms with Crippen LogP contribution in [0, 0.1) is 6.92 Å². The number of para-hydroxylation sites is 1. The van der Waals surface area contributed by atoms with Crippen LogP contribution in [0.2, 0.25) is 0 Å². The number of benzene rings is 2. The molecule has 1 amide bonds. The molecule has 1 aromatic heterocycles. The van der Waals surface area contributed by atoms with Crippen LogP contribution in [0.1, 0.15) is 5.56 Å². The Morgan fingerprint density at radius 1 is 1.00 bits per heavy atom. The number of anilines is 1. The Balaban J connectivity index is 1.80. The first-order chi connectivity index (χ1) is 11.6. The third-order valence-corrected chi connectivity index (χ3v) is 3.56. The second-order valence-electron chi connectivity index (χ2n) is 5.49. The van der Waals surface area contributed by atoms with Crippen LogP contribution in [0.15, 0.2) is 71.5 Å². The molecule has 5 heteroatoms. The average molecular weight is 319 g/mol. The van der Waals surface area contributed by atoms with E-state index < -0.39 is 0 Å². The molecule has 2 aromatic carbocycles. The van der Waals surface area contributed by atoms with Crippen molar-refractivity contribution in [2.75, 3.05) is 5.32 Å². The maximum absolute atomic E-state index is 12.1. The zero-order valence-electron chi connectivity index (χ0n) is 13.3. The third-order valence-electron chi connectivity index (χ3n) is 3.56. The van der Waals surface area contributed by atoms with E-state index in [-0.39, 0.29) is 18.0 Å². The molecule has 1 N–H and O–H groups in total. The normalized spacial score (nSPS) is 10.4. The molecule has 0 bridgehead atoms. The minimum atomic E-state index is -0.311. The van der Waals surface area contributed by atoms with Crippen LogP contribution >= 0.6 is 0 Å². The number of hydrogen-bond donors (Lipinski definition) is 1. The third kappa shape index (κ3) is 3.76. The molecule has 0 fully saturated rings. The van der Waals surface area contributed by atoms with E-state index in [1.165, 1.54) is 10.7 Å². The molecule has 0 atom stereocenters. The van der Waals surface area contributed by atoms with Gasteiger partial charge in [0.05, 0.1) is 5.69 Å². The first-order valence-corrected chi connectivity index (χ1v) is 7.62. The van der Waals surface area contributed by atoms with E-state index in [0.29, 0.717) is 11.4 Å². The fourth-order valence-corrected chi connectivity index (χ4v) is 2.30. The molecule has 0 spiro atoms. The summed E-state index contributed by atoms with van der Waals surface area (Å²) in [4.78, 5) is 24.1. The molecule has 3 rings (SSSR count). The van der Waals surface area contributed by atoms with Gasteiger partial charge in [-0.25, -0.2) is 4.68 Å². The van der Waals surface area contributed by atoms with Crippen molar-refractivity contribution >= 4 is 11.6 Å². The Morgan fingerprint density at radius 3 is 2.42 bits per heavy atom. The van der Waals surface area contributed by atoms with Crippen molar-refractivity contribution in [3.05, 3.63) is 82.6 Å². The van der Waals surface area contributed by atoms with E-state index >= 15 is 0 Å². The van der Waals surface area contributed by atoms with E-state index in [9.17, 15) is 9.59 Å². The number of nitrogens with one attached hydrogen (secondary N) is 1. The van der Waals surface area contributed by atoms with Gasteiger partial charge in [-0.15, -0.1) is 0 Å². The monoisotopic (exact) mass is 319 g/mol. The lowest BCUT2D eigenvalue weighted by Crippen LogP contribution is -2.29. The number of hydrogen-bond acceptors (Lipinski definition) is 3. The van der Waals surface area contributed by atoms with E-state index in [1.54, 1.807) is 18.2 Å². The minimum absolute atomic E-state index is 0.132. The van der Waals surface area contributed by atoms with Gasteiger partial charge in [0.2, 0.25) is 5.91 Å². The Hall–Kier alpha value is -3.21. The Labute approximate surface area is 139 Å². The van der Waals surface area contributed by atoms with Crippen LogP contribution in [-0.2, 0) is 11.3 Å². The highest BCUT2D eigenvalue weighted by Crippen LogP contribution is 2.15. The number of aryl methyl sites for hydroxylation is 1. The minimum Gasteiger partial charge on any atom is -0.324 e. The molecular weight excluding hydrogens is 302 g/mol. The van der Waals surface area contributed by atoms with Gasteiger partial charge in [0.25, 0.3) is 5.56 Å². The first-order valence-electron chi connectivity index (χ1n) is 7.62. The second-order valence-corrected chi connectivity index (χ2v) is 5.49. The molecule has 0 radical (unpaired) electrons. The lowest BCUT2D eigenvalue weighted by atomic mass is 10.1. The number of amides is 1. The lowest BCUT2D eigenvalue weighted by Gasteiger charge is -2.08. The molecule has 3 aromatic rings. The van der Waals surface area contributed by atoms with Crippen LogP contribution < -0.4 is 10.9 Å². The molecule has 0 aliphatic heterocycles. The summed E-state index contributed by atoms with van der Waals surface area (Å²) in [6.07, 6.45) is 0. The smallest absolute Gasteiger partial charge is 0.267 e. The predicted octanol–water partition coefficient (Wildman–Crippen LogP) is 2.86. The largest absolute Gasteiger partial charge is 0.324 e. The maximum atomic E-state index is 12.1. The summed E-state index contributed by atoms with van der Waals surface area (Å²) in [5, 5.41) is 7.04. The van der Waals surface area contributed by atoms with E-state index in [4.69, 9.17) is 0 Å². The zero-order valence-corrected chi connectivity index (χ0v) is 13.3. The number of carbonyl (C=O) groups excluding carboxylic acids is 1. The van der Waals surface area contributed by atoms with Gasteiger partial charge in [-0.05, 0) is 25.1 Å². The molecule has 0 aliphatic rings. The summed E-state index contributed by atoms with van der Waals surface area (Å²) in [6.45, 7) is 1.87. The molecule has 1 heterocycles. The summed E-state index contributed by atoms with van der Waals surface area (Å²) in [7, 11) is 0. The highest BCUT2D eigenvalue weighted by atomic mass is 16.2. The van der Waals surface area contributed by atoms with Crippen molar-refractivity contribution in [3.8, 4) is 11.3 Å². The number of rotatable bonds is 4. The summed E-state index contributed by atoms with van der Waals surface area (Å²) < 4.78 is 1.17. The molecular formula is C19H17N3O2. The van der Waals surface area contributed by atoms with Crippen molar-refractivity contribution in [2.45, 2.75) is 13.5 Å². The fraction of sp³-hybridized carbons (Fsp3) is 0.105. The zero-order chi connectivity index (χ0) is 16.9. The Bertz CT molecular complexity index is 900.